The molecule has 0 bridgehead atoms. The number of rotatable bonds is 7. The second-order valence-corrected chi connectivity index (χ2v) is 8.23. The molecular weight excluding hydrogens is 304 g/mol. The summed E-state index contributed by atoms with van der Waals surface area (Å²) in [6.45, 7) is 12.7. The summed E-state index contributed by atoms with van der Waals surface area (Å²) in [5.74, 6) is -1.87. The summed E-state index contributed by atoms with van der Waals surface area (Å²) in [7, 11) is 0. The highest BCUT2D eigenvalue weighted by Crippen LogP contribution is 2.31. The standard InChI is InChI=1S/C20H30O4/c1-12(2)16-14(8-7-13(3)11-20(4,5)6)9-10-15(18(21)22)17(16)19(23)24/h9-10,12-13H,7-8,11H2,1-6H3,(H,21,22)(H,23,24). The molecule has 0 radical (unpaired) electrons. The van der Waals surface area contributed by atoms with Crippen LogP contribution in [0.1, 0.15) is 92.1 Å². The molecular formula is C20H30O4. The van der Waals surface area contributed by atoms with Gasteiger partial charge in [-0.25, -0.2) is 9.59 Å². The first-order valence-electron chi connectivity index (χ1n) is 8.56. The van der Waals surface area contributed by atoms with E-state index in [0.717, 1.165) is 24.8 Å². The summed E-state index contributed by atoms with van der Waals surface area (Å²) >= 11 is 0. The Bertz CT molecular complexity index is 609. The molecule has 1 atom stereocenters. The van der Waals surface area contributed by atoms with Crippen LogP contribution in [0.3, 0.4) is 0 Å². The van der Waals surface area contributed by atoms with Gasteiger partial charge in [-0.15, -0.1) is 0 Å². The Balaban J connectivity index is 3.18. The molecule has 0 amide bonds. The molecule has 0 saturated heterocycles. The van der Waals surface area contributed by atoms with Crippen molar-refractivity contribution in [2.75, 3.05) is 0 Å². The summed E-state index contributed by atoms with van der Waals surface area (Å²) in [6.07, 6.45) is 2.83. The van der Waals surface area contributed by atoms with Crippen LogP contribution >= 0.6 is 0 Å². The number of hydrogen-bond donors (Lipinski definition) is 2. The van der Waals surface area contributed by atoms with Crippen molar-refractivity contribution in [2.45, 2.75) is 66.7 Å². The fourth-order valence-electron chi connectivity index (χ4n) is 3.50. The predicted octanol–water partition coefficient (Wildman–Crippen LogP) is 5.21. The van der Waals surface area contributed by atoms with Crippen LogP contribution in [0.25, 0.3) is 0 Å². The van der Waals surface area contributed by atoms with E-state index < -0.39 is 11.9 Å². The van der Waals surface area contributed by atoms with E-state index >= 15 is 0 Å². The monoisotopic (exact) mass is 334 g/mol. The Morgan fingerprint density at radius 1 is 1.04 bits per heavy atom. The fraction of sp³-hybridized carbons (Fsp3) is 0.600. The van der Waals surface area contributed by atoms with Gasteiger partial charge in [0, 0.05) is 0 Å². The lowest BCUT2D eigenvalue weighted by molar-refractivity contribution is 0.0650. The molecule has 1 aromatic rings. The Labute approximate surface area is 144 Å². The van der Waals surface area contributed by atoms with E-state index in [0.29, 0.717) is 11.5 Å². The topological polar surface area (TPSA) is 74.6 Å². The summed E-state index contributed by atoms with van der Waals surface area (Å²) in [5.41, 5.74) is 1.69. The number of carboxylic acids is 2. The second kappa shape index (κ2) is 7.82. The third-order valence-corrected chi connectivity index (χ3v) is 4.22. The molecule has 0 fully saturated rings. The molecule has 0 saturated carbocycles. The van der Waals surface area contributed by atoms with Crippen LogP contribution in [0.2, 0.25) is 0 Å². The molecule has 0 aliphatic rings. The summed E-state index contributed by atoms with van der Waals surface area (Å²) < 4.78 is 0. The van der Waals surface area contributed by atoms with Crippen LogP contribution in [0.15, 0.2) is 12.1 Å². The average molecular weight is 334 g/mol. The highest BCUT2D eigenvalue weighted by Gasteiger charge is 2.25. The number of carbonyl (C=O) groups is 2. The lowest BCUT2D eigenvalue weighted by atomic mass is 9.81. The summed E-state index contributed by atoms with van der Waals surface area (Å²) in [6, 6.07) is 3.22. The number of carboxylic acid groups (broad SMARTS) is 2. The largest absolute Gasteiger partial charge is 0.478 e. The molecule has 0 aliphatic heterocycles. The quantitative estimate of drug-likeness (QED) is 0.717. The van der Waals surface area contributed by atoms with Gasteiger partial charge >= 0.3 is 11.9 Å². The minimum absolute atomic E-state index is 0.0386. The SMILES string of the molecule is CC(CCc1ccc(C(=O)O)c(C(=O)O)c1C(C)C)CC(C)(C)C. The maximum absolute atomic E-state index is 11.7. The van der Waals surface area contributed by atoms with Gasteiger partial charge < -0.3 is 10.2 Å². The van der Waals surface area contributed by atoms with Crippen LogP contribution in [0.5, 0.6) is 0 Å². The zero-order valence-electron chi connectivity index (χ0n) is 15.6. The highest BCUT2D eigenvalue weighted by molar-refractivity contribution is 6.03. The van der Waals surface area contributed by atoms with Gasteiger partial charge in [0.2, 0.25) is 0 Å². The van der Waals surface area contributed by atoms with Gasteiger partial charge in [0.15, 0.2) is 0 Å². The lowest BCUT2D eigenvalue weighted by Crippen LogP contribution is -2.16. The van der Waals surface area contributed by atoms with Crippen LogP contribution < -0.4 is 0 Å². The van der Waals surface area contributed by atoms with E-state index in [9.17, 15) is 19.8 Å². The normalized spacial score (nSPS) is 13.1. The predicted molar refractivity (Wildman–Crippen MR) is 96.0 cm³/mol. The smallest absolute Gasteiger partial charge is 0.336 e. The van der Waals surface area contributed by atoms with Crippen molar-refractivity contribution >= 4 is 11.9 Å². The molecule has 134 valence electrons. The minimum atomic E-state index is -1.19. The molecule has 1 rings (SSSR count). The second-order valence-electron chi connectivity index (χ2n) is 8.23. The first-order valence-corrected chi connectivity index (χ1v) is 8.56. The Morgan fingerprint density at radius 3 is 2.04 bits per heavy atom. The van der Waals surface area contributed by atoms with Gasteiger partial charge in [0.25, 0.3) is 0 Å². The molecule has 4 heteroatoms. The molecule has 0 aliphatic carbocycles. The van der Waals surface area contributed by atoms with Gasteiger partial charge in [-0.05, 0) is 53.7 Å². The Kier molecular flexibility index (Phi) is 6.58. The molecule has 0 spiro atoms. The fourth-order valence-corrected chi connectivity index (χ4v) is 3.50. The van der Waals surface area contributed by atoms with Gasteiger partial charge in [-0.2, -0.15) is 0 Å². The summed E-state index contributed by atoms with van der Waals surface area (Å²) in [4.78, 5) is 23.0. The maximum atomic E-state index is 11.7. The van der Waals surface area contributed by atoms with E-state index in [2.05, 4.69) is 27.7 Å². The van der Waals surface area contributed by atoms with Gasteiger partial charge in [0.1, 0.15) is 0 Å². The molecule has 0 heterocycles. The zero-order chi connectivity index (χ0) is 18.7. The van der Waals surface area contributed by atoms with E-state index in [1.165, 1.54) is 6.07 Å². The average Bonchev–Trinajstić information content (AvgIpc) is 2.41. The first kappa shape index (κ1) is 20.2. The molecule has 0 aromatic heterocycles. The number of benzene rings is 1. The molecule has 4 nitrogen and oxygen atoms in total. The number of aryl methyl sites for hydroxylation is 1. The Hall–Kier alpha value is -1.84. The van der Waals surface area contributed by atoms with Crippen molar-refractivity contribution in [1.82, 2.24) is 0 Å². The van der Waals surface area contributed by atoms with Crippen molar-refractivity contribution in [2.24, 2.45) is 11.3 Å². The zero-order valence-corrected chi connectivity index (χ0v) is 15.6. The van der Waals surface area contributed by atoms with Crippen molar-refractivity contribution in [3.05, 3.63) is 34.4 Å². The van der Waals surface area contributed by atoms with Crippen molar-refractivity contribution < 1.29 is 19.8 Å². The molecule has 2 N–H and O–H groups in total. The van der Waals surface area contributed by atoms with E-state index in [4.69, 9.17) is 0 Å². The number of hydrogen-bond acceptors (Lipinski definition) is 2. The molecule has 1 aromatic carbocycles. The minimum Gasteiger partial charge on any atom is -0.478 e. The van der Waals surface area contributed by atoms with Crippen molar-refractivity contribution in [3.8, 4) is 0 Å². The van der Waals surface area contributed by atoms with Crippen molar-refractivity contribution in [3.63, 3.8) is 0 Å². The maximum Gasteiger partial charge on any atom is 0.336 e. The summed E-state index contributed by atoms with van der Waals surface area (Å²) in [5, 5.41) is 18.8. The van der Waals surface area contributed by atoms with E-state index in [1.807, 2.05) is 13.8 Å². The van der Waals surface area contributed by atoms with E-state index in [1.54, 1.807) is 6.07 Å². The molecule has 24 heavy (non-hydrogen) atoms. The van der Waals surface area contributed by atoms with Crippen LogP contribution in [-0.4, -0.2) is 22.2 Å². The van der Waals surface area contributed by atoms with Gasteiger partial charge in [0.05, 0.1) is 11.1 Å². The third-order valence-electron chi connectivity index (χ3n) is 4.22. The van der Waals surface area contributed by atoms with E-state index in [-0.39, 0.29) is 22.5 Å². The van der Waals surface area contributed by atoms with Crippen LogP contribution in [0, 0.1) is 11.3 Å². The molecule has 1 unspecified atom stereocenters. The van der Waals surface area contributed by atoms with Gasteiger partial charge in [-0.3, -0.25) is 0 Å². The first-order chi connectivity index (χ1) is 10.9. The Morgan fingerprint density at radius 2 is 1.62 bits per heavy atom. The third kappa shape index (κ3) is 5.36. The van der Waals surface area contributed by atoms with Crippen molar-refractivity contribution in [1.29, 1.82) is 0 Å². The number of aromatic carboxylic acids is 2. The highest BCUT2D eigenvalue weighted by atomic mass is 16.4. The van der Waals surface area contributed by atoms with Gasteiger partial charge in [-0.1, -0.05) is 47.6 Å². The van der Waals surface area contributed by atoms with Crippen LogP contribution in [-0.2, 0) is 6.42 Å². The lowest BCUT2D eigenvalue weighted by Gasteiger charge is -2.24. The van der Waals surface area contributed by atoms with Crippen LogP contribution in [0.4, 0.5) is 0 Å².